The van der Waals surface area contributed by atoms with Gasteiger partial charge in [-0.15, -0.1) is 0 Å². The topological polar surface area (TPSA) is 38.7 Å². The molecule has 0 aromatic heterocycles. The summed E-state index contributed by atoms with van der Waals surface area (Å²) in [5.41, 5.74) is 1.71. The van der Waals surface area contributed by atoms with Crippen LogP contribution < -0.4 is 0 Å². The standard InChI is InChI=1S/C15H19NO2/c1-12(14-9-3-2-4-10-14)16-18-15(17)11-13-7-5-6-8-13/h2-4,9-10,13H,5-8,11H2,1H3/b16-12+. The fourth-order valence-corrected chi connectivity index (χ4v) is 2.34. The van der Waals surface area contributed by atoms with E-state index in [1.807, 2.05) is 37.3 Å². The van der Waals surface area contributed by atoms with Gasteiger partial charge >= 0.3 is 5.97 Å². The molecule has 18 heavy (non-hydrogen) atoms. The Morgan fingerprint density at radius 1 is 1.28 bits per heavy atom. The molecule has 0 heterocycles. The predicted molar refractivity (Wildman–Crippen MR) is 71.3 cm³/mol. The van der Waals surface area contributed by atoms with Crippen LogP contribution in [0.15, 0.2) is 35.5 Å². The predicted octanol–water partition coefficient (Wildman–Crippen LogP) is 3.53. The average Bonchev–Trinajstić information content (AvgIpc) is 2.90. The molecule has 0 radical (unpaired) electrons. The SMILES string of the molecule is C/C(=N\OC(=O)CC1CCCC1)c1ccccc1. The van der Waals surface area contributed by atoms with Gasteiger partial charge in [-0.25, -0.2) is 4.79 Å². The fraction of sp³-hybridized carbons (Fsp3) is 0.467. The van der Waals surface area contributed by atoms with E-state index in [0.29, 0.717) is 12.3 Å². The van der Waals surface area contributed by atoms with Crippen molar-refractivity contribution < 1.29 is 9.63 Å². The van der Waals surface area contributed by atoms with Crippen LogP contribution in [0.2, 0.25) is 0 Å². The largest absolute Gasteiger partial charge is 0.335 e. The lowest BCUT2D eigenvalue weighted by Gasteiger charge is -2.05. The van der Waals surface area contributed by atoms with Crippen molar-refractivity contribution >= 4 is 11.7 Å². The van der Waals surface area contributed by atoms with Crippen molar-refractivity contribution in [1.29, 1.82) is 0 Å². The highest BCUT2D eigenvalue weighted by molar-refractivity contribution is 5.98. The Morgan fingerprint density at radius 3 is 2.61 bits per heavy atom. The van der Waals surface area contributed by atoms with E-state index in [2.05, 4.69) is 5.16 Å². The Hall–Kier alpha value is -1.64. The quantitative estimate of drug-likeness (QED) is 0.462. The Morgan fingerprint density at radius 2 is 1.94 bits per heavy atom. The fourth-order valence-electron chi connectivity index (χ4n) is 2.34. The van der Waals surface area contributed by atoms with E-state index in [1.54, 1.807) is 0 Å². The van der Waals surface area contributed by atoms with E-state index in [-0.39, 0.29) is 5.97 Å². The first kappa shape index (κ1) is 12.8. The van der Waals surface area contributed by atoms with Gasteiger partial charge in [0.05, 0.1) is 12.1 Å². The third kappa shape index (κ3) is 3.69. The van der Waals surface area contributed by atoms with Crippen LogP contribution in [0.25, 0.3) is 0 Å². The first-order valence-electron chi connectivity index (χ1n) is 6.55. The van der Waals surface area contributed by atoms with E-state index >= 15 is 0 Å². The highest BCUT2D eigenvalue weighted by atomic mass is 16.7. The molecule has 3 nitrogen and oxygen atoms in total. The van der Waals surface area contributed by atoms with E-state index in [9.17, 15) is 4.79 Å². The van der Waals surface area contributed by atoms with Crippen LogP contribution in [-0.2, 0) is 9.63 Å². The molecule has 0 amide bonds. The number of benzene rings is 1. The summed E-state index contributed by atoms with van der Waals surface area (Å²) in [4.78, 5) is 16.6. The molecule has 0 bridgehead atoms. The summed E-state index contributed by atoms with van der Waals surface area (Å²) in [6.07, 6.45) is 5.28. The minimum absolute atomic E-state index is 0.211. The van der Waals surface area contributed by atoms with Gasteiger partial charge in [-0.1, -0.05) is 48.3 Å². The number of rotatable bonds is 4. The van der Waals surface area contributed by atoms with Crippen molar-refractivity contribution in [2.24, 2.45) is 11.1 Å². The van der Waals surface area contributed by atoms with Crippen molar-refractivity contribution in [2.75, 3.05) is 0 Å². The van der Waals surface area contributed by atoms with Gasteiger partial charge in [-0.05, 0) is 31.2 Å². The molecule has 96 valence electrons. The van der Waals surface area contributed by atoms with Gasteiger partial charge in [0.25, 0.3) is 0 Å². The summed E-state index contributed by atoms with van der Waals surface area (Å²) in [6.45, 7) is 1.85. The van der Waals surface area contributed by atoms with E-state index in [1.165, 1.54) is 12.8 Å². The number of hydrogen-bond donors (Lipinski definition) is 0. The summed E-state index contributed by atoms with van der Waals surface area (Å²) in [5, 5.41) is 3.90. The third-order valence-electron chi connectivity index (χ3n) is 3.41. The molecule has 0 unspecified atom stereocenters. The third-order valence-corrected chi connectivity index (χ3v) is 3.41. The molecule has 1 aliphatic rings. The molecule has 0 saturated heterocycles. The Labute approximate surface area is 108 Å². The van der Waals surface area contributed by atoms with Crippen molar-refractivity contribution in [3.05, 3.63) is 35.9 Å². The molecular formula is C15H19NO2. The van der Waals surface area contributed by atoms with Crippen molar-refractivity contribution in [3.8, 4) is 0 Å². The second-order valence-corrected chi connectivity index (χ2v) is 4.86. The number of hydrogen-bond acceptors (Lipinski definition) is 3. The van der Waals surface area contributed by atoms with Gasteiger partial charge in [0.2, 0.25) is 0 Å². The van der Waals surface area contributed by atoms with Gasteiger partial charge < -0.3 is 4.84 Å². The molecule has 3 heteroatoms. The zero-order valence-electron chi connectivity index (χ0n) is 10.8. The second kappa shape index (κ2) is 6.34. The summed E-state index contributed by atoms with van der Waals surface area (Å²) in [6, 6.07) is 9.72. The Balaban J connectivity index is 1.84. The van der Waals surface area contributed by atoms with Crippen LogP contribution in [0.3, 0.4) is 0 Å². The maximum absolute atomic E-state index is 11.6. The molecule has 0 aliphatic heterocycles. The molecule has 1 saturated carbocycles. The van der Waals surface area contributed by atoms with Crippen LogP contribution in [0.4, 0.5) is 0 Å². The maximum atomic E-state index is 11.6. The Bertz CT molecular complexity index is 419. The minimum atomic E-state index is -0.211. The second-order valence-electron chi connectivity index (χ2n) is 4.86. The number of oxime groups is 1. The first-order valence-corrected chi connectivity index (χ1v) is 6.55. The lowest BCUT2D eigenvalue weighted by molar-refractivity contribution is -0.144. The van der Waals surface area contributed by atoms with Crippen LogP contribution in [0.5, 0.6) is 0 Å². The maximum Gasteiger partial charge on any atom is 0.335 e. The molecular weight excluding hydrogens is 226 g/mol. The highest BCUT2D eigenvalue weighted by Crippen LogP contribution is 2.27. The average molecular weight is 245 g/mol. The molecule has 2 rings (SSSR count). The molecule has 1 fully saturated rings. The molecule has 1 aromatic carbocycles. The van der Waals surface area contributed by atoms with E-state index in [0.717, 1.165) is 24.1 Å². The van der Waals surface area contributed by atoms with Crippen LogP contribution in [-0.4, -0.2) is 11.7 Å². The van der Waals surface area contributed by atoms with Crippen LogP contribution in [0, 0.1) is 5.92 Å². The normalized spacial score (nSPS) is 16.8. The summed E-state index contributed by atoms with van der Waals surface area (Å²) in [5.74, 6) is 0.293. The lowest BCUT2D eigenvalue weighted by atomic mass is 10.1. The monoisotopic (exact) mass is 245 g/mol. The van der Waals surface area contributed by atoms with Crippen molar-refractivity contribution in [1.82, 2.24) is 0 Å². The minimum Gasteiger partial charge on any atom is -0.318 e. The molecule has 0 N–H and O–H groups in total. The van der Waals surface area contributed by atoms with E-state index < -0.39 is 0 Å². The molecule has 1 aliphatic carbocycles. The van der Waals surface area contributed by atoms with Gasteiger partial charge in [-0.2, -0.15) is 0 Å². The number of carbonyl (C=O) groups excluding carboxylic acids is 1. The molecule has 0 spiro atoms. The van der Waals surface area contributed by atoms with Crippen LogP contribution in [0.1, 0.15) is 44.6 Å². The summed E-state index contributed by atoms with van der Waals surface area (Å²) in [7, 11) is 0. The van der Waals surface area contributed by atoms with Gasteiger partial charge in [0, 0.05) is 0 Å². The smallest absolute Gasteiger partial charge is 0.318 e. The van der Waals surface area contributed by atoms with Crippen LogP contribution >= 0.6 is 0 Å². The van der Waals surface area contributed by atoms with Gasteiger partial charge in [-0.3, -0.25) is 0 Å². The zero-order valence-corrected chi connectivity index (χ0v) is 10.8. The van der Waals surface area contributed by atoms with E-state index in [4.69, 9.17) is 4.84 Å². The first-order chi connectivity index (χ1) is 8.75. The summed E-state index contributed by atoms with van der Waals surface area (Å²) >= 11 is 0. The van der Waals surface area contributed by atoms with Crippen molar-refractivity contribution in [2.45, 2.75) is 39.0 Å². The lowest BCUT2D eigenvalue weighted by Crippen LogP contribution is -2.08. The molecule has 1 aromatic rings. The van der Waals surface area contributed by atoms with Gasteiger partial charge in [0.15, 0.2) is 0 Å². The van der Waals surface area contributed by atoms with Gasteiger partial charge in [0.1, 0.15) is 0 Å². The Kier molecular flexibility index (Phi) is 4.51. The van der Waals surface area contributed by atoms with Crippen molar-refractivity contribution in [3.63, 3.8) is 0 Å². The molecule has 0 atom stereocenters. The number of carbonyl (C=O) groups is 1. The highest BCUT2D eigenvalue weighted by Gasteiger charge is 2.19. The number of nitrogens with zero attached hydrogens (tertiary/aromatic N) is 1. The summed E-state index contributed by atoms with van der Waals surface area (Å²) < 4.78 is 0. The zero-order chi connectivity index (χ0) is 12.8.